The Morgan fingerprint density at radius 2 is 2.03 bits per heavy atom. The van der Waals surface area contributed by atoms with Crippen molar-refractivity contribution in [3.05, 3.63) is 70.3 Å². The van der Waals surface area contributed by atoms with Gasteiger partial charge in [0.25, 0.3) is 0 Å². The molecule has 0 spiro atoms. The quantitative estimate of drug-likeness (QED) is 0.370. The number of rotatable bonds is 5. The number of nitrogen functional groups attached to an aromatic ring is 1. The van der Waals surface area contributed by atoms with E-state index in [2.05, 4.69) is 14.8 Å². The van der Waals surface area contributed by atoms with Crippen LogP contribution in [0.25, 0.3) is 16.6 Å². The molecule has 0 saturated heterocycles. The molecule has 0 bridgehead atoms. The zero-order chi connectivity index (χ0) is 20.5. The molecule has 0 aliphatic carbocycles. The molecule has 2 heterocycles. The van der Waals surface area contributed by atoms with Gasteiger partial charge in [-0.05, 0) is 41.8 Å². The fourth-order valence-corrected chi connectivity index (χ4v) is 4.31. The van der Waals surface area contributed by atoms with Crippen LogP contribution in [0, 0.1) is 5.82 Å². The highest BCUT2D eigenvalue weighted by Gasteiger charge is 2.17. The van der Waals surface area contributed by atoms with Gasteiger partial charge in [-0.25, -0.2) is 13.9 Å². The first-order valence-corrected chi connectivity index (χ1v) is 9.95. The topological polar surface area (TPSA) is 88.5 Å². The van der Waals surface area contributed by atoms with Gasteiger partial charge in [-0.15, -0.1) is 0 Å². The maximum atomic E-state index is 15.3. The number of nitrogens with one attached hydrogen (secondary N) is 1. The Balaban J connectivity index is 1.69. The zero-order valence-corrected chi connectivity index (χ0v) is 17.1. The highest BCUT2D eigenvalue weighted by atomic mass is 35.5. The highest BCUT2D eigenvalue weighted by Crippen LogP contribution is 2.37. The second-order valence-electron chi connectivity index (χ2n) is 6.07. The SMILES string of the molecule is Nc1ncnn2ccc(-c3cccc(NSc4cc(Cl)cc(CO)c4Cl)c3F)c12. The van der Waals surface area contributed by atoms with Crippen LogP contribution in [0.15, 0.2) is 53.8 Å². The van der Waals surface area contributed by atoms with Crippen LogP contribution >= 0.6 is 35.1 Å². The Kier molecular flexibility index (Phi) is 5.51. The van der Waals surface area contributed by atoms with Crippen molar-refractivity contribution in [2.75, 3.05) is 10.5 Å². The summed E-state index contributed by atoms with van der Waals surface area (Å²) < 4.78 is 19.8. The average molecular weight is 450 g/mol. The number of anilines is 2. The molecule has 0 fully saturated rings. The van der Waals surface area contributed by atoms with E-state index < -0.39 is 5.82 Å². The van der Waals surface area contributed by atoms with E-state index in [-0.39, 0.29) is 18.1 Å². The third kappa shape index (κ3) is 3.72. The van der Waals surface area contributed by atoms with E-state index >= 15 is 4.39 Å². The number of hydrogen-bond acceptors (Lipinski definition) is 6. The second-order valence-corrected chi connectivity index (χ2v) is 7.74. The molecule has 4 N–H and O–H groups in total. The summed E-state index contributed by atoms with van der Waals surface area (Å²) >= 11 is 13.4. The number of nitrogens with two attached hydrogens (primary N) is 1. The van der Waals surface area contributed by atoms with E-state index in [0.717, 1.165) is 11.9 Å². The molecule has 0 amide bonds. The molecular formula is C19H14Cl2FN5OS. The summed E-state index contributed by atoms with van der Waals surface area (Å²) in [7, 11) is 0. The molecule has 6 nitrogen and oxygen atoms in total. The number of halogens is 3. The predicted octanol–water partition coefficient (Wildman–Crippen LogP) is 5.04. The number of benzene rings is 2. The average Bonchev–Trinajstić information content (AvgIpc) is 3.14. The standard InChI is InChI=1S/C19H14Cl2FN5OS/c20-11-6-10(8-28)16(21)15(7-11)29-26-14-3-1-2-12(17(14)22)13-4-5-27-18(13)19(23)24-9-25-27/h1-7,9,26,28H,8H2,(H2,23,24,25). The first-order valence-electron chi connectivity index (χ1n) is 8.38. The molecule has 0 radical (unpaired) electrons. The van der Waals surface area contributed by atoms with Crippen LogP contribution in [-0.2, 0) is 6.61 Å². The Bertz CT molecular complexity index is 1220. The Morgan fingerprint density at radius 3 is 2.83 bits per heavy atom. The van der Waals surface area contributed by atoms with Crippen LogP contribution in [0.5, 0.6) is 0 Å². The van der Waals surface area contributed by atoms with Crippen molar-refractivity contribution in [1.29, 1.82) is 0 Å². The Morgan fingerprint density at radius 1 is 1.21 bits per heavy atom. The number of aliphatic hydroxyl groups is 1. The van der Waals surface area contributed by atoms with Crippen LogP contribution in [-0.4, -0.2) is 19.7 Å². The lowest BCUT2D eigenvalue weighted by Gasteiger charge is -2.12. The van der Waals surface area contributed by atoms with E-state index in [1.807, 2.05) is 0 Å². The van der Waals surface area contributed by atoms with Gasteiger partial charge in [0.15, 0.2) is 11.6 Å². The molecule has 2 aromatic carbocycles. The summed E-state index contributed by atoms with van der Waals surface area (Å²) in [5, 5.41) is 14.3. The molecular weight excluding hydrogens is 436 g/mol. The fourth-order valence-electron chi connectivity index (χ4n) is 2.93. The molecule has 4 aromatic rings. The van der Waals surface area contributed by atoms with E-state index in [1.165, 1.54) is 6.33 Å². The van der Waals surface area contributed by atoms with Gasteiger partial charge >= 0.3 is 0 Å². The molecule has 0 atom stereocenters. The molecule has 148 valence electrons. The first kappa shape index (κ1) is 19.8. The smallest absolute Gasteiger partial charge is 0.155 e. The maximum Gasteiger partial charge on any atom is 0.155 e. The van der Waals surface area contributed by atoms with Gasteiger partial charge in [0.2, 0.25) is 0 Å². The van der Waals surface area contributed by atoms with Gasteiger partial charge in [-0.3, -0.25) is 0 Å². The molecule has 29 heavy (non-hydrogen) atoms. The number of fused-ring (bicyclic) bond motifs is 1. The van der Waals surface area contributed by atoms with E-state index in [1.54, 1.807) is 47.1 Å². The summed E-state index contributed by atoms with van der Waals surface area (Å²) in [6, 6.07) is 9.95. The molecule has 0 aliphatic rings. The highest BCUT2D eigenvalue weighted by molar-refractivity contribution is 8.00. The Hall–Kier alpha value is -2.52. The lowest BCUT2D eigenvalue weighted by Crippen LogP contribution is -1.99. The van der Waals surface area contributed by atoms with E-state index in [4.69, 9.17) is 28.9 Å². The molecule has 0 aliphatic heterocycles. The lowest BCUT2D eigenvalue weighted by atomic mass is 10.1. The third-order valence-electron chi connectivity index (χ3n) is 4.29. The number of aromatic nitrogens is 3. The second kappa shape index (κ2) is 8.08. The minimum absolute atomic E-state index is 0.248. The third-order valence-corrected chi connectivity index (χ3v) is 5.93. The van der Waals surface area contributed by atoms with Crippen molar-refractivity contribution in [2.24, 2.45) is 0 Å². The van der Waals surface area contributed by atoms with Crippen LogP contribution in [0.3, 0.4) is 0 Å². The summed E-state index contributed by atoms with van der Waals surface area (Å²) in [5.74, 6) is -0.203. The fraction of sp³-hybridized carbons (Fsp3) is 0.0526. The van der Waals surface area contributed by atoms with Crippen LogP contribution in [0.1, 0.15) is 5.56 Å². The van der Waals surface area contributed by atoms with Gasteiger partial charge in [0.1, 0.15) is 11.8 Å². The van der Waals surface area contributed by atoms with Gasteiger partial charge in [-0.1, -0.05) is 35.3 Å². The number of hydrogen-bond donors (Lipinski definition) is 3. The molecule has 4 rings (SSSR count). The van der Waals surface area contributed by atoms with E-state index in [0.29, 0.717) is 37.1 Å². The normalized spacial score (nSPS) is 11.2. The summed E-state index contributed by atoms with van der Waals surface area (Å²) in [4.78, 5) is 4.55. The summed E-state index contributed by atoms with van der Waals surface area (Å²) in [5.41, 5.74) is 8.17. The maximum absolute atomic E-state index is 15.3. The van der Waals surface area contributed by atoms with Gasteiger partial charge in [0.05, 0.1) is 17.3 Å². The Labute approximate surface area is 179 Å². The van der Waals surface area contributed by atoms with Gasteiger partial charge < -0.3 is 15.6 Å². The molecule has 0 unspecified atom stereocenters. The van der Waals surface area contributed by atoms with E-state index in [9.17, 15) is 5.11 Å². The number of aliphatic hydroxyl groups excluding tert-OH is 1. The van der Waals surface area contributed by atoms with Gasteiger partial charge in [-0.2, -0.15) is 5.10 Å². The van der Waals surface area contributed by atoms with Crippen molar-refractivity contribution < 1.29 is 9.50 Å². The minimum atomic E-state index is -0.461. The summed E-state index contributed by atoms with van der Waals surface area (Å²) in [6.45, 7) is -0.248. The lowest BCUT2D eigenvalue weighted by molar-refractivity contribution is 0.281. The van der Waals surface area contributed by atoms with Crippen molar-refractivity contribution >= 4 is 52.2 Å². The van der Waals surface area contributed by atoms with Crippen molar-refractivity contribution in [3.63, 3.8) is 0 Å². The monoisotopic (exact) mass is 449 g/mol. The zero-order valence-electron chi connectivity index (χ0n) is 14.7. The molecule has 2 aromatic heterocycles. The van der Waals surface area contributed by atoms with Crippen molar-refractivity contribution in [3.8, 4) is 11.1 Å². The van der Waals surface area contributed by atoms with Crippen molar-refractivity contribution in [2.45, 2.75) is 11.5 Å². The molecule has 0 saturated carbocycles. The molecule has 10 heteroatoms. The largest absolute Gasteiger partial charge is 0.392 e. The number of nitrogens with zero attached hydrogens (tertiary/aromatic N) is 3. The predicted molar refractivity (Wildman–Crippen MR) is 115 cm³/mol. The van der Waals surface area contributed by atoms with Crippen LogP contribution in [0.2, 0.25) is 10.0 Å². The minimum Gasteiger partial charge on any atom is -0.392 e. The van der Waals surface area contributed by atoms with Gasteiger partial charge in [0, 0.05) is 27.2 Å². The first-order chi connectivity index (χ1) is 14.0. The van der Waals surface area contributed by atoms with Crippen LogP contribution in [0.4, 0.5) is 15.9 Å². The van der Waals surface area contributed by atoms with Crippen LogP contribution < -0.4 is 10.5 Å². The summed E-state index contributed by atoms with van der Waals surface area (Å²) in [6.07, 6.45) is 3.03. The van der Waals surface area contributed by atoms with Crippen molar-refractivity contribution in [1.82, 2.24) is 14.6 Å².